The van der Waals surface area contributed by atoms with Crippen LogP contribution >= 0.6 is 0 Å². The summed E-state index contributed by atoms with van der Waals surface area (Å²) in [6.45, 7) is 7.89. The smallest absolute Gasteiger partial charge is 0.163 e. The number of nitrogens with one attached hydrogen (secondary N) is 2. The van der Waals surface area contributed by atoms with Crippen LogP contribution in [-0.2, 0) is 22.5 Å². The molecule has 4 fully saturated rings. The molecule has 274 valence electrons. The molecular formula is C45H59FN2O3. The van der Waals surface area contributed by atoms with Crippen LogP contribution in [0.3, 0.4) is 0 Å². The Morgan fingerprint density at radius 3 is 2.53 bits per heavy atom. The van der Waals surface area contributed by atoms with Gasteiger partial charge in [0.25, 0.3) is 0 Å². The van der Waals surface area contributed by atoms with Gasteiger partial charge in [-0.3, -0.25) is 9.59 Å². The maximum atomic E-state index is 14.3. The number of fused-ring (bicyclic) bond motifs is 5. The number of ether oxygens (including phenoxy) is 1. The summed E-state index contributed by atoms with van der Waals surface area (Å²) in [5.41, 5.74) is 6.47. The first-order valence-electron chi connectivity index (χ1n) is 20.6. The van der Waals surface area contributed by atoms with E-state index in [9.17, 15) is 14.0 Å². The van der Waals surface area contributed by atoms with E-state index in [-0.39, 0.29) is 11.6 Å². The number of hydrogen-bond acceptors (Lipinski definition) is 4. The van der Waals surface area contributed by atoms with E-state index in [4.69, 9.17) is 4.74 Å². The third-order valence-electron chi connectivity index (χ3n) is 14.9. The number of hydrogen-bond donors (Lipinski definition) is 2. The SMILES string of the molecule is C[C@]12CCC(=O)C[C@@H]1CC[C@@H]1[C@@H]2CC[C@]2(C)C(OCCCCCCCNCc3ccc(-c4[nH]c5cc(F)cc6c5c4CCCC6=O)cc3)CC[C@@H]12. The lowest BCUT2D eigenvalue weighted by Crippen LogP contribution is -2.54. The molecule has 6 heteroatoms. The zero-order valence-corrected chi connectivity index (χ0v) is 31.1. The normalized spacial score (nSPS) is 31.7. The van der Waals surface area contributed by atoms with Gasteiger partial charge >= 0.3 is 0 Å². The van der Waals surface area contributed by atoms with Crippen LogP contribution in [0.25, 0.3) is 22.2 Å². The highest BCUT2D eigenvalue weighted by molar-refractivity contribution is 6.11. The van der Waals surface area contributed by atoms with Gasteiger partial charge in [-0.1, -0.05) is 57.4 Å². The summed E-state index contributed by atoms with van der Waals surface area (Å²) in [5.74, 6) is 3.31. The third kappa shape index (κ3) is 6.66. The molecule has 4 saturated carbocycles. The van der Waals surface area contributed by atoms with Gasteiger partial charge in [-0.15, -0.1) is 0 Å². The number of ketones is 2. The molecule has 1 aromatic heterocycles. The Balaban J connectivity index is 0.731. The van der Waals surface area contributed by atoms with E-state index in [2.05, 4.69) is 48.4 Å². The van der Waals surface area contributed by atoms with Crippen LogP contribution in [0.2, 0.25) is 0 Å². The number of H-pyrrole nitrogens is 1. The first kappa shape index (κ1) is 35.2. The van der Waals surface area contributed by atoms with Gasteiger partial charge in [-0.05, 0) is 140 Å². The molecule has 0 amide bonds. The molecule has 3 aromatic rings. The quantitative estimate of drug-likeness (QED) is 0.185. The maximum absolute atomic E-state index is 14.3. The summed E-state index contributed by atoms with van der Waals surface area (Å²) in [6.07, 6.45) is 19.3. The highest BCUT2D eigenvalue weighted by Gasteiger charge is 2.60. The first-order valence-corrected chi connectivity index (χ1v) is 20.6. The van der Waals surface area contributed by atoms with Crippen molar-refractivity contribution in [2.45, 2.75) is 136 Å². The van der Waals surface area contributed by atoms with Crippen molar-refractivity contribution in [3.05, 3.63) is 58.9 Å². The van der Waals surface area contributed by atoms with Crippen LogP contribution in [0.5, 0.6) is 0 Å². The standard InChI is InChI=1S/C45H59FN2O3/c1-44-21-19-33(49)25-31(44)15-16-34-37-17-18-41(45(37,2)22-20-38(34)44)51-24-7-5-3-4-6-23-47-28-29-11-13-30(14-12-29)43-35-9-8-10-40(50)36-26-32(46)27-39(48-43)42(35)36/h11-14,26-27,31,34,37-38,41,47-48H,3-10,15-25,28H2,1-2H3/t31-,34-,37-,38-,41?,44-,45-/m0/s1. The highest BCUT2D eigenvalue weighted by Crippen LogP contribution is 2.66. The summed E-state index contributed by atoms with van der Waals surface area (Å²) in [7, 11) is 0. The fraction of sp³-hybridized carbons (Fsp3) is 0.644. The minimum absolute atomic E-state index is 0.0380. The van der Waals surface area contributed by atoms with E-state index in [1.54, 1.807) is 0 Å². The number of benzene rings is 2. The molecule has 5 nitrogen and oxygen atoms in total. The number of unbranched alkanes of at least 4 members (excludes halogenated alkanes) is 4. The number of aromatic nitrogens is 1. The van der Waals surface area contributed by atoms with Crippen molar-refractivity contribution in [3.63, 3.8) is 0 Å². The Morgan fingerprint density at radius 1 is 0.863 bits per heavy atom. The lowest BCUT2D eigenvalue weighted by molar-refractivity contribution is -0.145. The molecule has 2 aromatic carbocycles. The molecule has 5 aliphatic rings. The number of carbonyl (C=O) groups is 2. The number of Topliss-reactive ketones (excluding diaryl/α,β-unsaturated/α-hetero) is 2. The maximum Gasteiger partial charge on any atom is 0.163 e. The molecule has 5 aliphatic carbocycles. The van der Waals surface area contributed by atoms with E-state index >= 15 is 0 Å². The first-order chi connectivity index (χ1) is 24.7. The number of halogens is 1. The van der Waals surface area contributed by atoms with Crippen molar-refractivity contribution < 1.29 is 18.7 Å². The van der Waals surface area contributed by atoms with E-state index in [0.717, 1.165) is 97.3 Å². The summed E-state index contributed by atoms with van der Waals surface area (Å²) in [5, 5.41) is 4.52. The summed E-state index contributed by atoms with van der Waals surface area (Å²) >= 11 is 0. The molecule has 1 unspecified atom stereocenters. The van der Waals surface area contributed by atoms with E-state index in [0.29, 0.717) is 40.6 Å². The number of aryl methyl sites for hydroxylation is 1. The second-order valence-electron chi connectivity index (χ2n) is 17.7. The fourth-order valence-corrected chi connectivity index (χ4v) is 12.0. The number of aromatic amines is 1. The average Bonchev–Trinajstić information content (AvgIpc) is 3.60. The van der Waals surface area contributed by atoms with E-state index in [1.165, 1.54) is 88.3 Å². The van der Waals surface area contributed by atoms with Gasteiger partial charge in [0.15, 0.2) is 5.78 Å². The zero-order chi connectivity index (χ0) is 35.2. The van der Waals surface area contributed by atoms with Crippen molar-refractivity contribution in [2.24, 2.45) is 34.5 Å². The molecule has 1 heterocycles. The monoisotopic (exact) mass is 694 g/mol. The van der Waals surface area contributed by atoms with Gasteiger partial charge in [-0.25, -0.2) is 4.39 Å². The predicted molar refractivity (Wildman–Crippen MR) is 202 cm³/mol. The van der Waals surface area contributed by atoms with E-state index < -0.39 is 0 Å². The number of rotatable bonds is 12. The second kappa shape index (κ2) is 14.5. The Hall–Kier alpha value is -2.83. The zero-order valence-electron chi connectivity index (χ0n) is 31.1. The van der Waals surface area contributed by atoms with Crippen LogP contribution in [-0.4, -0.2) is 35.8 Å². The van der Waals surface area contributed by atoms with Gasteiger partial charge in [-0.2, -0.15) is 0 Å². The highest BCUT2D eigenvalue weighted by atomic mass is 19.1. The van der Waals surface area contributed by atoms with Crippen molar-refractivity contribution in [1.82, 2.24) is 10.3 Å². The summed E-state index contributed by atoms with van der Waals surface area (Å²) in [4.78, 5) is 28.3. The molecule has 2 N–H and O–H groups in total. The van der Waals surface area contributed by atoms with Crippen LogP contribution < -0.4 is 5.32 Å². The van der Waals surface area contributed by atoms with Crippen molar-refractivity contribution >= 4 is 22.5 Å². The number of carbonyl (C=O) groups excluding carboxylic acids is 2. The lowest BCUT2D eigenvalue weighted by atomic mass is 9.45. The Bertz CT molecular complexity index is 1750. The predicted octanol–water partition coefficient (Wildman–Crippen LogP) is 10.5. The van der Waals surface area contributed by atoms with Crippen molar-refractivity contribution in [3.8, 4) is 11.3 Å². The summed E-state index contributed by atoms with van der Waals surface area (Å²) in [6, 6.07) is 11.6. The van der Waals surface area contributed by atoms with E-state index in [1.807, 2.05) is 0 Å². The molecule has 8 rings (SSSR count). The van der Waals surface area contributed by atoms with Gasteiger partial charge in [0.2, 0.25) is 0 Å². The third-order valence-corrected chi connectivity index (χ3v) is 14.9. The Morgan fingerprint density at radius 2 is 1.67 bits per heavy atom. The molecule has 0 saturated heterocycles. The van der Waals surface area contributed by atoms with Crippen molar-refractivity contribution in [1.29, 1.82) is 0 Å². The minimum Gasteiger partial charge on any atom is -0.378 e. The van der Waals surface area contributed by atoms with Crippen LogP contribution in [0.1, 0.15) is 138 Å². The van der Waals surface area contributed by atoms with Gasteiger partial charge in [0.1, 0.15) is 11.6 Å². The molecule has 0 spiro atoms. The fourth-order valence-electron chi connectivity index (χ4n) is 12.0. The average molecular weight is 695 g/mol. The van der Waals surface area contributed by atoms with Crippen LogP contribution in [0, 0.1) is 40.3 Å². The van der Waals surface area contributed by atoms with Crippen molar-refractivity contribution in [2.75, 3.05) is 13.2 Å². The van der Waals surface area contributed by atoms with Gasteiger partial charge in [0.05, 0.1) is 6.10 Å². The molecular weight excluding hydrogens is 636 g/mol. The molecule has 51 heavy (non-hydrogen) atoms. The molecule has 7 atom stereocenters. The van der Waals surface area contributed by atoms with Gasteiger partial charge < -0.3 is 15.0 Å². The topological polar surface area (TPSA) is 71.2 Å². The second-order valence-corrected chi connectivity index (χ2v) is 17.7. The molecule has 0 radical (unpaired) electrons. The van der Waals surface area contributed by atoms with Crippen LogP contribution in [0.15, 0.2) is 36.4 Å². The Kier molecular flexibility index (Phi) is 10.0. The molecule has 0 bridgehead atoms. The lowest BCUT2D eigenvalue weighted by Gasteiger charge is -2.60. The molecule has 0 aliphatic heterocycles. The Labute approximate surface area is 304 Å². The largest absolute Gasteiger partial charge is 0.378 e. The minimum atomic E-state index is -0.362. The van der Waals surface area contributed by atoms with Crippen LogP contribution in [0.4, 0.5) is 4.39 Å². The summed E-state index contributed by atoms with van der Waals surface area (Å²) < 4.78 is 21.0. The van der Waals surface area contributed by atoms with Gasteiger partial charge in [0, 0.05) is 54.6 Å².